The van der Waals surface area contributed by atoms with Crippen LogP contribution in [-0.2, 0) is 4.79 Å². The van der Waals surface area contributed by atoms with E-state index in [0.29, 0.717) is 5.75 Å². The third-order valence-electron chi connectivity index (χ3n) is 2.91. The Hall–Kier alpha value is -2.15. The minimum atomic E-state index is -1.41. The fourth-order valence-electron chi connectivity index (χ4n) is 1.77. The number of rotatable bonds is 6. The molecule has 0 radical (unpaired) electrons. The van der Waals surface area contributed by atoms with E-state index in [2.05, 4.69) is 0 Å². The molecular formula is C13H18N2O5. The standard InChI is InChI=1S/C13H18N2O5/c1-8-4-5-10(15(18)19)6-11(8)20-9(2)7-13(3,14)12(16)17/h4-6,9H,7,14H2,1-3H3,(H,16,17). The second kappa shape index (κ2) is 5.87. The van der Waals surface area contributed by atoms with Gasteiger partial charge in [0.1, 0.15) is 11.3 Å². The summed E-state index contributed by atoms with van der Waals surface area (Å²) in [7, 11) is 0. The van der Waals surface area contributed by atoms with Crippen molar-refractivity contribution in [3.05, 3.63) is 33.9 Å². The van der Waals surface area contributed by atoms with Gasteiger partial charge in [-0.05, 0) is 32.4 Å². The molecular weight excluding hydrogens is 264 g/mol. The van der Waals surface area contributed by atoms with Crippen molar-refractivity contribution >= 4 is 11.7 Å². The predicted octanol–water partition coefficient (Wildman–Crippen LogP) is 1.86. The Morgan fingerprint density at radius 3 is 2.70 bits per heavy atom. The number of carboxylic acid groups (broad SMARTS) is 1. The number of nitro benzene ring substituents is 1. The first-order valence-electron chi connectivity index (χ1n) is 6.07. The number of carboxylic acids is 1. The SMILES string of the molecule is Cc1ccc([N+](=O)[O-])cc1OC(C)CC(C)(N)C(=O)O. The number of aryl methyl sites for hydroxylation is 1. The summed E-state index contributed by atoms with van der Waals surface area (Å²) in [5.74, 6) is -0.767. The second-order valence-corrected chi connectivity index (χ2v) is 5.06. The minimum Gasteiger partial charge on any atom is -0.490 e. The van der Waals surface area contributed by atoms with E-state index in [0.717, 1.165) is 5.56 Å². The van der Waals surface area contributed by atoms with Gasteiger partial charge in [0.05, 0.1) is 17.1 Å². The van der Waals surface area contributed by atoms with Crippen LogP contribution >= 0.6 is 0 Å². The first-order valence-corrected chi connectivity index (χ1v) is 6.07. The minimum absolute atomic E-state index is 0.0773. The summed E-state index contributed by atoms with van der Waals surface area (Å²) >= 11 is 0. The van der Waals surface area contributed by atoms with Gasteiger partial charge in [-0.3, -0.25) is 14.9 Å². The molecule has 0 amide bonds. The van der Waals surface area contributed by atoms with Gasteiger partial charge in [-0.15, -0.1) is 0 Å². The third kappa shape index (κ3) is 3.92. The quantitative estimate of drug-likeness (QED) is 0.607. The predicted molar refractivity (Wildman–Crippen MR) is 72.8 cm³/mol. The maximum atomic E-state index is 10.9. The van der Waals surface area contributed by atoms with Gasteiger partial charge in [0.25, 0.3) is 5.69 Å². The molecule has 1 aromatic carbocycles. The van der Waals surface area contributed by atoms with Crippen LogP contribution in [0.4, 0.5) is 5.69 Å². The Morgan fingerprint density at radius 1 is 1.60 bits per heavy atom. The van der Waals surface area contributed by atoms with Crippen LogP contribution in [0.3, 0.4) is 0 Å². The van der Waals surface area contributed by atoms with Crippen molar-refractivity contribution in [2.75, 3.05) is 0 Å². The van der Waals surface area contributed by atoms with Crippen LogP contribution in [-0.4, -0.2) is 27.6 Å². The molecule has 0 saturated heterocycles. The number of non-ortho nitro benzene ring substituents is 1. The van der Waals surface area contributed by atoms with Gasteiger partial charge in [-0.2, -0.15) is 0 Å². The fourth-order valence-corrected chi connectivity index (χ4v) is 1.77. The average molecular weight is 282 g/mol. The Bertz CT molecular complexity index is 527. The van der Waals surface area contributed by atoms with Crippen molar-refractivity contribution in [3.8, 4) is 5.75 Å². The highest BCUT2D eigenvalue weighted by Crippen LogP contribution is 2.26. The Labute approximate surface area is 116 Å². The molecule has 0 heterocycles. The van der Waals surface area contributed by atoms with E-state index in [-0.39, 0.29) is 12.1 Å². The number of ether oxygens (including phenoxy) is 1. The lowest BCUT2D eigenvalue weighted by atomic mass is 9.96. The summed E-state index contributed by atoms with van der Waals surface area (Å²) in [6.07, 6.45) is -0.397. The molecule has 7 nitrogen and oxygen atoms in total. The summed E-state index contributed by atoms with van der Waals surface area (Å²) in [4.78, 5) is 21.2. The molecule has 0 bridgehead atoms. The maximum Gasteiger partial charge on any atom is 0.323 e. The summed E-state index contributed by atoms with van der Waals surface area (Å²) < 4.78 is 5.57. The average Bonchev–Trinajstić information content (AvgIpc) is 2.30. The Balaban J connectivity index is 2.85. The number of aliphatic carboxylic acids is 1. The lowest BCUT2D eigenvalue weighted by Crippen LogP contribution is -2.47. The maximum absolute atomic E-state index is 10.9. The first-order chi connectivity index (χ1) is 9.13. The molecule has 0 spiro atoms. The van der Waals surface area contributed by atoms with Crippen molar-refractivity contribution in [1.82, 2.24) is 0 Å². The molecule has 20 heavy (non-hydrogen) atoms. The molecule has 3 N–H and O–H groups in total. The van der Waals surface area contributed by atoms with Gasteiger partial charge in [-0.25, -0.2) is 0 Å². The number of nitro groups is 1. The van der Waals surface area contributed by atoms with E-state index in [1.807, 2.05) is 0 Å². The zero-order chi connectivity index (χ0) is 15.5. The van der Waals surface area contributed by atoms with Crippen LogP contribution < -0.4 is 10.5 Å². The molecule has 2 unspecified atom stereocenters. The highest BCUT2D eigenvalue weighted by atomic mass is 16.6. The van der Waals surface area contributed by atoms with Gasteiger partial charge in [0, 0.05) is 12.5 Å². The number of benzene rings is 1. The molecule has 1 aromatic rings. The first kappa shape index (κ1) is 15.9. The van der Waals surface area contributed by atoms with Gasteiger partial charge in [0.2, 0.25) is 0 Å². The highest BCUT2D eigenvalue weighted by molar-refractivity contribution is 5.77. The molecule has 0 aliphatic carbocycles. The summed E-state index contributed by atoms with van der Waals surface area (Å²) in [5, 5.41) is 19.7. The van der Waals surface area contributed by atoms with E-state index < -0.39 is 22.5 Å². The van der Waals surface area contributed by atoms with E-state index in [1.165, 1.54) is 19.1 Å². The Kier molecular flexibility index (Phi) is 4.67. The topological polar surface area (TPSA) is 116 Å². The zero-order valence-electron chi connectivity index (χ0n) is 11.6. The van der Waals surface area contributed by atoms with E-state index in [1.54, 1.807) is 19.9 Å². The van der Waals surface area contributed by atoms with Crippen molar-refractivity contribution in [1.29, 1.82) is 0 Å². The number of carbonyl (C=O) groups is 1. The van der Waals surface area contributed by atoms with Gasteiger partial charge in [0.15, 0.2) is 0 Å². The van der Waals surface area contributed by atoms with Crippen molar-refractivity contribution in [3.63, 3.8) is 0 Å². The summed E-state index contributed by atoms with van der Waals surface area (Å²) in [5.41, 5.74) is 4.89. The molecule has 1 rings (SSSR count). The van der Waals surface area contributed by atoms with Gasteiger partial charge >= 0.3 is 5.97 Å². The molecule has 0 fully saturated rings. The fraction of sp³-hybridized carbons (Fsp3) is 0.462. The zero-order valence-corrected chi connectivity index (χ0v) is 11.6. The third-order valence-corrected chi connectivity index (χ3v) is 2.91. The van der Waals surface area contributed by atoms with Gasteiger partial charge in [-0.1, -0.05) is 0 Å². The van der Waals surface area contributed by atoms with Crippen LogP contribution in [0.25, 0.3) is 0 Å². The lowest BCUT2D eigenvalue weighted by molar-refractivity contribution is -0.385. The van der Waals surface area contributed by atoms with Crippen LogP contribution in [0.15, 0.2) is 18.2 Å². The normalized spacial score (nSPS) is 15.2. The van der Waals surface area contributed by atoms with Crippen LogP contribution in [0.5, 0.6) is 5.75 Å². The van der Waals surface area contributed by atoms with Gasteiger partial charge < -0.3 is 15.6 Å². The summed E-state index contributed by atoms with van der Waals surface area (Å²) in [6, 6.07) is 4.29. The summed E-state index contributed by atoms with van der Waals surface area (Å²) in [6.45, 7) is 4.83. The van der Waals surface area contributed by atoms with Crippen LogP contribution in [0.2, 0.25) is 0 Å². The molecule has 110 valence electrons. The number of nitrogens with zero attached hydrogens (tertiary/aromatic N) is 1. The molecule has 0 saturated carbocycles. The smallest absolute Gasteiger partial charge is 0.323 e. The van der Waals surface area contributed by atoms with E-state index in [4.69, 9.17) is 15.6 Å². The van der Waals surface area contributed by atoms with E-state index >= 15 is 0 Å². The molecule has 2 atom stereocenters. The molecule has 7 heteroatoms. The Morgan fingerprint density at radius 2 is 2.20 bits per heavy atom. The van der Waals surface area contributed by atoms with Crippen molar-refractivity contribution in [2.24, 2.45) is 5.73 Å². The second-order valence-electron chi connectivity index (χ2n) is 5.06. The van der Waals surface area contributed by atoms with Crippen molar-refractivity contribution < 1.29 is 19.6 Å². The van der Waals surface area contributed by atoms with Crippen LogP contribution in [0.1, 0.15) is 25.8 Å². The monoisotopic (exact) mass is 282 g/mol. The number of nitrogens with two attached hydrogens (primary N) is 1. The molecule has 0 aliphatic heterocycles. The largest absolute Gasteiger partial charge is 0.490 e. The number of hydrogen-bond acceptors (Lipinski definition) is 5. The van der Waals surface area contributed by atoms with Crippen molar-refractivity contribution in [2.45, 2.75) is 38.8 Å². The van der Waals surface area contributed by atoms with Crippen LogP contribution in [0, 0.1) is 17.0 Å². The lowest BCUT2D eigenvalue weighted by Gasteiger charge is -2.24. The molecule has 0 aliphatic rings. The molecule has 0 aromatic heterocycles. The number of hydrogen-bond donors (Lipinski definition) is 2. The highest BCUT2D eigenvalue weighted by Gasteiger charge is 2.31. The van der Waals surface area contributed by atoms with E-state index in [9.17, 15) is 14.9 Å².